The lowest BCUT2D eigenvalue weighted by Crippen LogP contribution is -2.03. The Kier molecular flexibility index (Phi) is 3.46. The molecule has 0 radical (unpaired) electrons. The highest BCUT2D eigenvalue weighted by molar-refractivity contribution is 5.96. The molecule has 0 amide bonds. The van der Waals surface area contributed by atoms with E-state index in [4.69, 9.17) is 0 Å². The van der Waals surface area contributed by atoms with Gasteiger partial charge in [0.05, 0.1) is 7.11 Å². The second-order valence-electron chi connectivity index (χ2n) is 3.11. The van der Waals surface area contributed by atoms with Gasteiger partial charge in [0.15, 0.2) is 0 Å². The fraction of sp³-hybridized carbons (Fsp3) is 0.250. The second kappa shape index (κ2) is 4.61. The molecule has 1 rings (SSSR count). The summed E-state index contributed by atoms with van der Waals surface area (Å²) in [5, 5.41) is 0. The molecule has 0 aliphatic carbocycles. The minimum absolute atomic E-state index is 0.272. The summed E-state index contributed by atoms with van der Waals surface area (Å²) in [5.74, 6) is -0.272. The van der Waals surface area contributed by atoms with E-state index in [1.807, 2.05) is 37.3 Å². The smallest absolute Gasteiger partial charge is 0.333 e. The van der Waals surface area contributed by atoms with Gasteiger partial charge in [-0.05, 0) is 25.0 Å². The standard InChI is InChI=1S/C12H14O2/c1-9(10(2)12(13)14-3)11-7-5-4-6-8-11/h4-8H,1-3H3. The van der Waals surface area contributed by atoms with Gasteiger partial charge in [-0.25, -0.2) is 4.79 Å². The van der Waals surface area contributed by atoms with Gasteiger partial charge in [0, 0.05) is 5.57 Å². The van der Waals surface area contributed by atoms with E-state index in [0.29, 0.717) is 5.57 Å². The van der Waals surface area contributed by atoms with Crippen LogP contribution in [0.4, 0.5) is 0 Å². The Hall–Kier alpha value is -1.57. The molecule has 0 N–H and O–H groups in total. The molecule has 0 saturated heterocycles. The first kappa shape index (κ1) is 10.5. The van der Waals surface area contributed by atoms with Gasteiger partial charge in [0.2, 0.25) is 0 Å². The number of benzene rings is 1. The van der Waals surface area contributed by atoms with Crippen LogP contribution in [0.3, 0.4) is 0 Å². The van der Waals surface area contributed by atoms with Crippen LogP contribution in [0, 0.1) is 0 Å². The van der Waals surface area contributed by atoms with E-state index in [-0.39, 0.29) is 5.97 Å². The van der Waals surface area contributed by atoms with E-state index >= 15 is 0 Å². The fourth-order valence-corrected chi connectivity index (χ4v) is 1.21. The molecule has 0 atom stereocenters. The van der Waals surface area contributed by atoms with Crippen LogP contribution in [0.25, 0.3) is 5.57 Å². The van der Waals surface area contributed by atoms with Crippen molar-refractivity contribution in [3.63, 3.8) is 0 Å². The Bertz CT molecular complexity index is 350. The molecule has 1 aromatic rings. The number of hydrogen-bond donors (Lipinski definition) is 0. The van der Waals surface area contributed by atoms with Crippen molar-refractivity contribution in [2.24, 2.45) is 0 Å². The summed E-state index contributed by atoms with van der Waals surface area (Å²) in [6, 6.07) is 9.79. The van der Waals surface area contributed by atoms with Crippen LogP contribution in [0.2, 0.25) is 0 Å². The van der Waals surface area contributed by atoms with Crippen molar-refractivity contribution in [2.45, 2.75) is 13.8 Å². The fourth-order valence-electron chi connectivity index (χ4n) is 1.21. The molecule has 0 fully saturated rings. The van der Waals surface area contributed by atoms with Crippen LogP contribution in [0.1, 0.15) is 19.4 Å². The average Bonchev–Trinajstić information content (AvgIpc) is 2.27. The summed E-state index contributed by atoms with van der Waals surface area (Å²) in [6.45, 7) is 3.69. The van der Waals surface area contributed by atoms with Gasteiger partial charge in [0.25, 0.3) is 0 Å². The molecule has 0 aromatic heterocycles. The topological polar surface area (TPSA) is 26.3 Å². The zero-order valence-electron chi connectivity index (χ0n) is 8.70. The molecule has 0 heterocycles. The molecule has 74 valence electrons. The molecule has 0 aliphatic rings. The van der Waals surface area contributed by atoms with Gasteiger partial charge in [-0.15, -0.1) is 0 Å². The number of ether oxygens (including phenoxy) is 1. The lowest BCUT2D eigenvalue weighted by Gasteiger charge is -2.05. The third-order valence-corrected chi connectivity index (χ3v) is 2.26. The maximum atomic E-state index is 11.2. The number of hydrogen-bond acceptors (Lipinski definition) is 2. The van der Waals surface area contributed by atoms with Gasteiger partial charge in [-0.3, -0.25) is 0 Å². The number of methoxy groups -OCH3 is 1. The van der Waals surface area contributed by atoms with Gasteiger partial charge in [0.1, 0.15) is 0 Å². The lowest BCUT2D eigenvalue weighted by molar-refractivity contribution is -0.135. The highest BCUT2D eigenvalue weighted by Gasteiger charge is 2.08. The Morgan fingerprint density at radius 2 is 1.71 bits per heavy atom. The first-order chi connectivity index (χ1) is 6.66. The van der Waals surface area contributed by atoms with E-state index in [2.05, 4.69) is 4.74 Å². The van der Waals surface area contributed by atoms with Crippen molar-refractivity contribution in [3.8, 4) is 0 Å². The summed E-state index contributed by atoms with van der Waals surface area (Å²) in [6.07, 6.45) is 0. The molecule has 0 spiro atoms. The van der Waals surface area contributed by atoms with Crippen molar-refractivity contribution < 1.29 is 9.53 Å². The van der Waals surface area contributed by atoms with Gasteiger partial charge in [-0.1, -0.05) is 30.3 Å². The summed E-state index contributed by atoms with van der Waals surface area (Å²) < 4.78 is 4.66. The number of carbonyl (C=O) groups is 1. The molecular weight excluding hydrogens is 176 g/mol. The van der Waals surface area contributed by atoms with Crippen LogP contribution < -0.4 is 0 Å². The van der Waals surface area contributed by atoms with Crippen LogP contribution in [-0.4, -0.2) is 13.1 Å². The maximum Gasteiger partial charge on any atom is 0.333 e. The molecule has 0 aliphatic heterocycles. The predicted molar refractivity (Wildman–Crippen MR) is 56.7 cm³/mol. The van der Waals surface area contributed by atoms with Crippen molar-refractivity contribution in [3.05, 3.63) is 41.5 Å². The van der Waals surface area contributed by atoms with E-state index in [1.54, 1.807) is 6.92 Å². The number of esters is 1. The lowest BCUT2D eigenvalue weighted by atomic mass is 10.0. The summed E-state index contributed by atoms with van der Waals surface area (Å²) >= 11 is 0. The summed E-state index contributed by atoms with van der Waals surface area (Å²) in [7, 11) is 1.39. The second-order valence-corrected chi connectivity index (χ2v) is 3.11. The van der Waals surface area contributed by atoms with E-state index in [0.717, 1.165) is 11.1 Å². The van der Waals surface area contributed by atoms with Gasteiger partial charge >= 0.3 is 5.97 Å². The van der Waals surface area contributed by atoms with Crippen molar-refractivity contribution in [2.75, 3.05) is 7.11 Å². The first-order valence-corrected chi connectivity index (χ1v) is 4.48. The minimum atomic E-state index is -0.272. The highest BCUT2D eigenvalue weighted by atomic mass is 16.5. The van der Waals surface area contributed by atoms with E-state index in [1.165, 1.54) is 7.11 Å². The third kappa shape index (κ3) is 2.22. The monoisotopic (exact) mass is 190 g/mol. The average molecular weight is 190 g/mol. The first-order valence-electron chi connectivity index (χ1n) is 4.48. The minimum Gasteiger partial charge on any atom is -0.466 e. The van der Waals surface area contributed by atoms with Crippen molar-refractivity contribution >= 4 is 11.5 Å². The van der Waals surface area contributed by atoms with Crippen LogP contribution >= 0.6 is 0 Å². The zero-order chi connectivity index (χ0) is 10.6. The number of carbonyl (C=O) groups excluding carboxylic acids is 1. The largest absolute Gasteiger partial charge is 0.466 e. The molecule has 1 aromatic carbocycles. The zero-order valence-corrected chi connectivity index (χ0v) is 8.70. The highest BCUT2D eigenvalue weighted by Crippen LogP contribution is 2.18. The van der Waals surface area contributed by atoms with E-state index < -0.39 is 0 Å². The molecule has 14 heavy (non-hydrogen) atoms. The maximum absolute atomic E-state index is 11.2. The molecule has 0 bridgehead atoms. The molecule has 2 nitrogen and oxygen atoms in total. The van der Waals surface area contributed by atoms with Gasteiger partial charge < -0.3 is 4.74 Å². The Morgan fingerprint density at radius 3 is 2.21 bits per heavy atom. The van der Waals surface area contributed by atoms with E-state index in [9.17, 15) is 4.79 Å². The van der Waals surface area contributed by atoms with Crippen molar-refractivity contribution in [1.82, 2.24) is 0 Å². The molecule has 0 unspecified atom stereocenters. The predicted octanol–water partition coefficient (Wildman–Crippen LogP) is 2.65. The molecular formula is C12H14O2. The normalized spacial score (nSPS) is 11.9. The Morgan fingerprint density at radius 1 is 1.14 bits per heavy atom. The van der Waals surface area contributed by atoms with Crippen LogP contribution in [0.15, 0.2) is 35.9 Å². The molecule has 2 heteroatoms. The number of allylic oxidation sites excluding steroid dienone is 1. The van der Waals surface area contributed by atoms with Crippen LogP contribution in [-0.2, 0) is 9.53 Å². The third-order valence-electron chi connectivity index (χ3n) is 2.26. The quantitative estimate of drug-likeness (QED) is 0.529. The summed E-state index contributed by atoms with van der Waals surface area (Å²) in [4.78, 5) is 11.2. The van der Waals surface area contributed by atoms with Gasteiger partial charge in [-0.2, -0.15) is 0 Å². The summed E-state index contributed by atoms with van der Waals surface area (Å²) in [5.41, 5.74) is 2.66. The SMILES string of the molecule is COC(=O)C(C)=C(C)c1ccccc1. The Labute approximate surface area is 84.2 Å². The number of rotatable bonds is 2. The molecule has 0 saturated carbocycles. The van der Waals surface area contributed by atoms with Crippen molar-refractivity contribution in [1.29, 1.82) is 0 Å². The van der Waals surface area contributed by atoms with Crippen LogP contribution in [0.5, 0.6) is 0 Å². The Balaban J connectivity index is 3.05.